The molecule has 4 rings (SSSR count). The number of hydrogen-bond donors (Lipinski definition) is 1. The fourth-order valence-corrected chi connectivity index (χ4v) is 2.84. The number of H-pyrrole nitrogens is 1. The Bertz CT molecular complexity index is 1110. The molecule has 0 saturated carbocycles. The smallest absolute Gasteiger partial charge is 0.213 e. The zero-order valence-electron chi connectivity index (χ0n) is 15.9. The van der Waals surface area contributed by atoms with E-state index in [1.165, 1.54) is 6.07 Å². The van der Waals surface area contributed by atoms with E-state index in [0.717, 1.165) is 5.56 Å². The van der Waals surface area contributed by atoms with Crippen LogP contribution in [0.3, 0.4) is 0 Å². The molecule has 0 amide bonds. The summed E-state index contributed by atoms with van der Waals surface area (Å²) in [5.41, 5.74) is 2.43. The molecule has 0 saturated heterocycles. The molecule has 8 nitrogen and oxygen atoms in total. The lowest BCUT2D eigenvalue weighted by atomic mass is 10.1. The Morgan fingerprint density at radius 2 is 2.03 bits per heavy atom. The van der Waals surface area contributed by atoms with Gasteiger partial charge in [-0.25, -0.2) is 9.37 Å². The summed E-state index contributed by atoms with van der Waals surface area (Å²) in [5, 5.41) is 11.8. The van der Waals surface area contributed by atoms with Gasteiger partial charge in [0.25, 0.3) is 0 Å². The van der Waals surface area contributed by atoms with Crippen LogP contribution in [0.4, 0.5) is 4.39 Å². The van der Waals surface area contributed by atoms with E-state index in [1.807, 2.05) is 13.0 Å². The summed E-state index contributed by atoms with van der Waals surface area (Å²) >= 11 is 0. The number of aromatic amines is 1. The zero-order chi connectivity index (χ0) is 20.2. The molecule has 3 aromatic heterocycles. The monoisotopic (exact) mass is 398 g/mol. The second-order valence-electron chi connectivity index (χ2n) is 6.14. The maximum atomic E-state index is 14.4. The lowest BCUT2D eigenvalue weighted by Crippen LogP contribution is -2.05. The third kappa shape index (κ3) is 3.90. The topological polar surface area (TPSA) is 95.3 Å². The number of benzene rings is 1. The number of nitrogens with zero attached hydrogens (tertiary/aromatic N) is 3. The average Bonchev–Trinajstić information content (AvgIpc) is 3.36. The second kappa shape index (κ2) is 8.27. The van der Waals surface area contributed by atoms with Gasteiger partial charge in [-0.05, 0) is 19.1 Å². The Kier molecular flexibility index (Phi) is 5.39. The van der Waals surface area contributed by atoms with Gasteiger partial charge >= 0.3 is 0 Å². The number of aromatic nitrogens is 4. The van der Waals surface area contributed by atoms with Crippen molar-refractivity contribution in [1.29, 1.82) is 0 Å². The van der Waals surface area contributed by atoms with Gasteiger partial charge in [0.2, 0.25) is 5.88 Å². The third-order valence-electron chi connectivity index (χ3n) is 4.23. The van der Waals surface area contributed by atoms with Crippen molar-refractivity contribution in [3.8, 4) is 34.3 Å². The minimum Gasteiger partial charge on any atom is -0.488 e. The molecule has 0 atom stereocenters. The molecule has 0 bridgehead atoms. The minimum absolute atomic E-state index is 0.128. The van der Waals surface area contributed by atoms with Gasteiger partial charge in [-0.3, -0.25) is 5.10 Å². The van der Waals surface area contributed by atoms with Crippen LogP contribution < -0.4 is 9.47 Å². The number of nitrogens with one attached hydrogen (secondary N) is 1. The lowest BCUT2D eigenvalue weighted by Gasteiger charge is -2.06. The van der Waals surface area contributed by atoms with Crippen LogP contribution in [0.1, 0.15) is 6.92 Å². The van der Waals surface area contributed by atoms with E-state index in [9.17, 15) is 4.39 Å². The Balaban J connectivity index is 1.61. The maximum absolute atomic E-state index is 14.4. The molecule has 0 aliphatic rings. The summed E-state index contributed by atoms with van der Waals surface area (Å²) in [7, 11) is 1.55. The molecule has 1 N–H and O–H groups in total. The second-order valence-corrected chi connectivity index (χ2v) is 6.14. The first kappa shape index (κ1) is 18.9. The zero-order valence-corrected chi connectivity index (χ0v) is 15.9. The molecule has 4 aromatic rings. The Morgan fingerprint density at radius 3 is 2.79 bits per heavy atom. The molecule has 9 heteroatoms. The SMILES string of the molecule is CCOc1ccc(-c2cc(-c3n[nH]c4cc(OCCOC)c(F)cc34)on2)cn1. The first-order valence-electron chi connectivity index (χ1n) is 9.05. The fourth-order valence-electron chi connectivity index (χ4n) is 2.84. The average molecular weight is 398 g/mol. The van der Waals surface area contributed by atoms with Crippen molar-refractivity contribution in [3.05, 3.63) is 42.3 Å². The number of ether oxygens (including phenoxy) is 3. The first-order valence-corrected chi connectivity index (χ1v) is 9.05. The van der Waals surface area contributed by atoms with Crippen LogP contribution in [0.5, 0.6) is 11.6 Å². The Labute approximate surface area is 165 Å². The molecule has 0 radical (unpaired) electrons. The van der Waals surface area contributed by atoms with Crippen LogP contribution >= 0.6 is 0 Å². The van der Waals surface area contributed by atoms with Crippen LogP contribution in [0, 0.1) is 5.82 Å². The van der Waals surface area contributed by atoms with Crippen LogP contribution in [-0.4, -0.2) is 47.3 Å². The highest BCUT2D eigenvalue weighted by molar-refractivity contribution is 5.92. The van der Waals surface area contributed by atoms with Gasteiger partial charge in [-0.1, -0.05) is 5.16 Å². The van der Waals surface area contributed by atoms with Crippen molar-refractivity contribution in [3.63, 3.8) is 0 Å². The molecule has 0 unspecified atom stereocenters. The van der Waals surface area contributed by atoms with Gasteiger partial charge in [0.1, 0.15) is 18.0 Å². The molecular weight excluding hydrogens is 379 g/mol. The van der Waals surface area contributed by atoms with Crippen molar-refractivity contribution < 1.29 is 23.1 Å². The molecule has 3 heterocycles. The Morgan fingerprint density at radius 1 is 1.14 bits per heavy atom. The van der Waals surface area contributed by atoms with Crippen LogP contribution in [-0.2, 0) is 4.74 Å². The summed E-state index contributed by atoms with van der Waals surface area (Å²) in [6.07, 6.45) is 1.65. The number of rotatable bonds is 8. The highest BCUT2D eigenvalue weighted by Gasteiger charge is 2.17. The number of pyridine rings is 1. The van der Waals surface area contributed by atoms with E-state index < -0.39 is 5.82 Å². The summed E-state index contributed by atoms with van der Waals surface area (Å²) in [6.45, 7) is 3.06. The highest BCUT2D eigenvalue weighted by atomic mass is 19.1. The largest absolute Gasteiger partial charge is 0.488 e. The van der Waals surface area contributed by atoms with Crippen LogP contribution in [0.25, 0.3) is 33.6 Å². The van der Waals surface area contributed by atoms with Gasteiger partial charge in [0.15, 0.2) is 17.3 Å². The van der Waals surface area contributed by atoms with E-state index in [0.29, 0.717) is 47.1 Å². The fraction of sp³-hybridized carbons (Fsp3) is 0.250. The summed E-state index contributed by atoms with van der Waals surface area (Å²) in [4.78, 5) is 4.22. The number of hydrogen-bond acceptors (Lipinski definition) is 7. The molecule has 0 spiro atoms. The minimum atomic E-state index is -0.494. The predicted octanol–water partition coefficient (Wildman–Crippen LogP) is 3.84. The molecule has 150 valence electrons. The summed E-state index contributed by atoms with van der Waals surface area (Å²) in [5.74, 6) is 0.583. The first-order chi connectivity index (χ1) is 14.2. The van der Waals surface area contributed by atoms with E-state index in [1.54, 1.807) is 31.5 Å². The van der Waals surface area contributed by atoms with Crippen molar-refractivity contribution in [2.75, 3.05) is 26.9 Å². The van der Waals surface area contributed by atoms with Crippen LogP contribution in [0.2, 0.25) is 0 Å². The van der Waals surface area contributed by atoms with Crippen molar-refractivity contribution in [1.82, 2.24) is 20.3 Å². The van der Waals surface area contributed by atoms with Gasteiger partial charge in [0.05, 0.1) is 18.7 Å². The molecule has 29 heavy (non-hydrogen) atoms. The molecular formula is C20H19FN4O4. The molecule has 1 aromatic carbocycles. The summed E-state index contributed by atoms with van der Waals surface area (Å²) in [6, 6.07) is 8.25. The van der Waals surface area contributed by atoms with Crippen molar-refractivity contribution in [2.45, 2.75) is 6.92 Å². The van der Waals surface area contributed by atoms with Crippen molar-refractivity contribution in [2.24, 2.45) is 0 Å². The summed E-state index contributed by atoms with van der Waals surface area (Å²) < 4.78 is 35.5. The number of halogens is 1. The molecule has 0 aliphatic heterocycles. The predicted molar refractivity (Wildman–Crippen MR) is 103 cm³/mol. The van der Waals surface area contributed by atoms with E-state index in [-0.39, 0.29) is 12.4 Å². The van der Waals surface area contributed by atoms with Crippen molar-refractivity contribution >= 4 is 10.9 Å². The quantitative estimate of drug-likeness (QED) is 0.451. The third-order valence-corrected chi connectivity index (χ3v) is 4.23. The lowest BCUT2D eigenvalue weighted by molar-refractivity contribution is 0.144. The van der Waals surface area contributed by atoms with Gasteiger partial charge in [0, 0.05) is 42.5 Å². The molecule has 0 aliphatic carbocycles. The number of methoxy groups -OCH3 is 1. The maximum Gasteiger partial charge on any atom is 0.213 e. The highest BCUT2D eigenvalue weighted by Crippen LogP contribution is 2.33. The van der Waals surface area contributed by atoms with Gasteiger partial charge in [-0.15, -0.1) is 0 Å². The van der Waals surface area contributed by atoms with Gasteiger partial charge < -0.3 is 18.7 Å². The van der Waals surface area contributed by atoms with E-state index in [2.05, 4.69) is 20.3 Å². The van der Waals surface area contributed by atoms with Gasteiger partial charge in [-0.2, -0.15) is 5.10 Å². The van der Waals surface area contributed by atoms with E-state index in [4.69, 9.17) is 18.7 Å². The van der Waals surface area contributed by atoms with E-state index >= 15 is 0 Å². The standard InChI is InChI=1S/C20H19FN4O4/c1-3-27-19-5-4-12(11-22-19)15-9-18(29-25-15)20-13-8-14(21)17(28-7-6-26-2)10-16(13)23-24-20/h4-5,8-11H,3,6-7H2,1-2H3,(H,23,24). The normalized spacial score (nSPS) is 11.1. The molecule has 0 fully saturated rings. The number of fused-ring (bicyclic) bond motifs is 1. The Hall–Kier alpha value is -3.46. The van der Waals surface area contributed by atoms with Crippen LogP contribution in [0.15, 0.2) is 41.1 Å².